The summed E-state index contributed by atoms with van der Waals surface area (Å²) in [5, 5.41) is 15.7. The highest BCUT2D eigenvalue weighted by molar-refractivity contribution is 6.07. The second-order valence-electron chi connectivity index (χ2n) is 5.81. The molecule has 27 heavy (non-hydrogen) atoms. The van der Waals surface area contributed by atoms with Crippen LogP contribution in [0, 0.1) is 10.1 Å². The highest BCUT2D eigenvalue weighted by Crippen LogP contribution is 2.21. The van der Waals surface area contributed by atoms with Gasteiger partial charge in [0.25, 0.3) is 11.8 Å². The van der Waals surface area contributed by atoms with Crippen LogP contribution in [0.3, 0.4) is 0 Å². The van der Waals surface area contributed by atoms with E-state index in [0.29, 0.717) is 0 Å². The molecule has 2 amide bonds. The van der Waals surface area contributed by atoms with Crippen molar-refractivity contribution in [2.45, 2.75) is 18.9 Å². The second-order valence-corrected chi connectivity index (χ2v) is 5.81. The van der Waals surface area contributed by atoms with E-state index < -0.39 is 35.2 Å². The normalized spacial score (nSPS) is 12.9. The van der Waals surface area contributed by atoms with Crippen LogP contribution in [0.25, 0.3) is 0 Å². The van der Waals surface area contributed by atoms with Crippen LogP contribution in [-0.2, 0) is 9.53 Å². The molecule has 0 atom stereocenters. The van der Waals surface area contributed by atoms with Crippen LogP contribution in [0.2, 0.25) is 0 Å². The number of carbonyl (C=O) groups is 3. The van der Waals surface area contributed by atoms with E-state index in [1.54, 1.807) is 12.1 Å². The van der Waals surface area contributed by atoms with Gasteiger partial charge in [-0.1, -0.05) is 12.1 Å². The van der Waals surface area contributed by atoms with Gasteiger partial charge in [-0.3, -0.25) is 19.7 Å². The summed E-state index contributed by atoms with van der Waals surface area (Å²) in [5.74, 6) is -2.81. The topological polar surface area (TPSA) is 141 Å². The molecule has 1 aliphatic carbocycles. The van der Waals surface area contributed by atoms with E-state index in [1.165, 1.54) is 12.1 Å². The fraction of sp³-hybridized carbons (Fsp3) is 0.235. The third-order valence-electron chi connectivity index (χ3n) is 3.67. The molecule has 10 heteroatoms. The number of rotatable bonds is 7. The number of anilines is 1. The van der Waals surface area contributed by atoms with Crippen molar-refractivity contribution >= 4 is 29.4 Å². The molecule has 1 fully saturated rings. The van der Waals surface area contributed by atoms with Crippen LogP contribution in [0.1, 0.15) is 33.8 Å². The van der Waals surface area contributed by atoms with Crippen LogP contribution < -0.4 is 10.6 Å². The third kappa shape index (κ3) is 4.69. The molecule has 0 saturated heterocycles. The summed E-state index contributed by atoms with van der Waals surface area (Å²) >= 11 is 0. The summed E-state index contributed by atoms with van der Waals surface area (Å²) in [6.07, 6.45) is 1.83. The van der Waals surface area contributed by atoms with Gasteiger partial charge in [-0.05, 0) is 31.0 Å². The monoisotopic (exact) mass is 373 g/mol. The van der Waals surface area contributed by atoms with Gasteiger partial charge in [-0.15, -0.1) is 0 Å². The van der Waals surface area contributed by atoms with E-state index in [4.69, 9.17) is 9.15 Å². The number of benzene rings is 1. The second kappa shape index (κ2) is 7.68. The number of esters is 1. The lowest BCUT2D eigenvalue weighted by molar-refractivity contribution is -0.402. The van der Waals surface area contributed by atoms with E-state index in [0.717, 1.165) is 25.0 Å². The van der Waals surface area contributed by atoms with Crippen LogP contribution in [0.15, 0.2) is 40.8 Å². The van der Waals surface area contributed by atoms with E-state index in [-0.39, 0.29) is 23.1 Å². The molecule has 1 aromatic heterocycles. The predicted molar refractivity (Wildman–Crippen MR) is 91.2 cm³/mol. The van der Waals surface area contributed by atoms with Crippen molar-refractivity contribution in [1.82, 2.24) is 5.32 Å². The Morgan fingerprint density at radius 1 is 1.19 bits per heavy atom. The minimum absolute atomic E-state index is 0.0335. The fourth-order valence-electron chi connectivity index (χ4n) is 2.21. The maximum Gasteiger partial charge on any atom is 0.433 e. The summed E-state index contributed by atoms with van der Waals surface area (Å²) in [6, 6.07) is 8.37. The zero-order valence-corrected chi connectivity index (χ0v) is 14.0. The third-order valence-corrected chi connectivity index (χ3v) is 3.67. The van der Waals surface area contributed by atoms with Crippen molar-refractivity contribution in [2.75, 3.05) is 11.9 Å². The Morgan fingerprint density at radius 2 is 1.93 bits per heavy atom. The number of para-hydroxylation sites is 1. The Bertz CT molecular complexity index is 901. The van der Waals surface area contributed by atoms with Crippen LogP contribution in [0.5, 0.6) is 0 Å². The molecule has 1 heterocycles. The lowest BCUT2D eigenvalue weighted by atomic mass is 10.1. The molecule has 0 aliphatic heterocycles. The molecule has 2 aromatic rings. The molecular weight excluding hydrogens is 358 g/mol. The van der Waals surface area contributed by atoms with Crippen LogP contribution in [0.4, 0.5) is 11.6 Å². The first-order chi connectivity index (χ1) is 12.9. The highest BCUT2D eigenvalue weighted by atomic mass is 16.6. The molecule has 1 aromatic carbocycles. The number of nitrogens with zero attached hydrogens (tertiary/aromatic N) is 1. The molecule has 0 bridgehead atoms. The van der Waals surface area contributed by atoms with E-state index in [9.17, 15) is 24.5 Å². The number of carbonyl (C=O) groups excluding carboxylic acids is 3. The van der Waals surface area contributed by atoms with Crippen molar-refractivity contribution in [2.24, 2.45) is 0 Å². The number of amides is 2. The molecule has 2 N–H and O–H groups in total. The van der Waals surface area contributed by atoms with Gasteiger partial charge in [0.2, 0.25) is 0 Å². The Kier molecular flexibility index (Phi) is 5.15. The molecule has 1 aliphatic rings. The van der Waals surface area contributed by atoms with E-state index >= 15 is 0 Å². The molecule has 10 nitrogen and oxygen atoms in total. The van der Waals surface area contributed by atoms with Gasteiger partial charge in [0.1, 0.15) is 4.92 Å². The van der Waals surface area contributed by atoms with Crippen molar-refractivity contribution in [3.63, 3.8) is 0 Å². The number of hydrogen-bond donors (Lipinski definition) is 2. The summed E-state index contributed by atoms with van der Waals surface area (Å²) in [6.45, 7) is -0.429. The number of furan rings is 1. The van der Waals surface area contributed by atoms with Gasteiger partial charge < -0.3 is 19.8 Å². The average molecular weight is 373 g/mol. The average Bonchev–Trinajstić information content (AvgIpc) is 3.30. The lowest BCUT2D eigenvalue weighted by Crippen LogP contribution is -2.30. The maximum atomic E-state index is 12.2. The molecule has 140 valence electrons. The summed E-state index contributed by atoms with van der Waals surface area (Å²) in [4.78, 5) is 45.9. The van der Waals surface area contributed by atoms with Gasteiger partial charge in [-0.25, -0.2) is 4.79 Å². The quantitative estimate of drug-likeness (QED) is 0.429. The van der Waals surface area contributed by atoms with E-state index in [1.807, 2.05) is 0 Å². The molecule has 0 spiro atoms. The fourth-order valence-corrected chi connectivity index (χ4v) is 2.21. The van der Waals surface area contributed by atoms with E-state index in [2.05, 4.69) is 10.6 Å². The van der Waals surface area contributed by atoms with Crippen molar-refractivity contribution in [3.05, 3.63) is 57.8 Å². The zero-order chi connectivity index (χ0) is 19.4. The largest absolute Gasteiger partial charge is 0.452 e. The summed E-state index contributed by atoms with van der Waals surface area (Å²) in [5.41, 5.74) is 0.153. The first-order valence-electron chi connectivity index (χ1n) is 8.05. The minimum atomic E-state index is -0.790. The Balaban J connectivity index is 1.65. The van der Waals surface area contributed by atoms with Gasteiger partial charge in [0.15, 0.2) is 12.4 Å². The van der Waals surface area contributed by atoms with Crippen LogP contribution >= 0.6 is 0 Å². The molecular formula is C17H15N3O7. The molecule has 3 rings (SSSR count). The SMILES string of the molecule is O=C(COC(=O)c1ccccc1NC(=O)c1ccc([N+](=O)[O-])o1)NC1CC1. The Hall–Kier alpha value is -3.69. The first kappa shape index (κ1) is 18.1. The van der Waals surface area contributed by atoms with Gasteiger partial charge >= 0.3 is 11.9 Å². The van der Waals surface area contributed by atoms with Gasteiger partial charge in [0, 0.05) is 6.04 Å². The van der Waals surface area contributed by atoms with Crippen molar-refractivity contribution in [3.8, 4) is 0 Å². The predicted octanol–water partition coefficient (Wildman–Crippen LogP) is 1.88. The van der Waals surface area contributed by atoms with Crippen LogP contribution in [-0.4, -0.2) is 35.4 Å². The maximum absolute atomic E-state index is 12.2. The first-order valence-corrected chi connectivity index (χ1v) is 8.05. The minimum Gasteiger partial charge on any atom is -0.452 e. The number of nitrogens with one attached hydrogen (secondary N) is 2. The van der Waals surface area contributed by atoms with Crippen molar-refractivity contribution < 1.29 is 28.5 Å². The summed E-state index contributed by atoms with van der Waals surface area (Å²) < 4.78 is 9.79. The standard InChI is InChI=1S/C17H15N3O7/c21-14(18-10-5-6-10)9-26-17(23)11-3-1-2-4-12(11)19-16(22)13-7-8-15(27-13)20(24)25/h1-4,7-8,10H,5-6,9H2,(H,18,21)(H,19,22). The smallest absolute Gasteiger partial charge is 0.433 e. The Labute approximate surface area is 152 Å². The molecule has 0 unspecified atom stereocenters. The Morgan fingerprint density at radius 3 is 2.59 bits per heavy atom. The van der Waals surface area contributed by atoms with Gasteiger partial charge in [-0.2, -0.15) is 0 Å². The number of ether oxygens (including phenoxy) is 1. The number of hydrogen-bond acceptors (Lipinski definition) is 7. The van der Waals surface area contributed by atoms with Gasteiger partial charge in [0.05, 0.1) is 17.3 Å². The molecule has 1 saturated carbocycles. The zero-order valence-electron chi connectivity index (χ0n) is 14.0. The molecule has 0 radical (unpaired) electrons. The highest BCUT2D eigenvalue weighted by Gasteiger charge is 2.24. The van der Waals surface area contributed by atoms with Crippen molar-refractivity contribution in [1.29, 1.82) is 0 Å². The number of nitro groups is 1. The lowest BCUT2D eigenvalue weighted by Gasteiger charge is -2.10. The summed E-state index contributed by atoms with van der Waals surface area (Å²) in [7, 11) is 0.